The molecule has 0 aliphatic heterocycles. The van der Waals surface area contributed by atoms with Gasteiger partial charge in [0.2, 0.25) is 5.82 Å². The molecule has 0 amide bonds. The number of halogens is 1. The number of ether oxygens (including phenoxy) is 3. The number of esters is 1. The second-order valence-corrected chi connectivity index (χ2v) is 4.39. The fraction of sp³-hybridized carbons (Fsp3) is 0.267. The monoisotopic (exact) mass is 322 g/mol. The molecule has 122 valence electrons. The van der Waals surface area contributed by atoms with Crippen molar-refractivity contribution in [1.82, 2.24) is 9.55 Å². The van der Waals surface area contributed by atoms with Gasteiger partial charge in [0.15, 0.2) is 0 Å². The molecule has 0 radical (unpaired) electrons. The van der Waals surface area contributed by atoms with E-state index >= 15 is 0 Å². The van der Waals surface area contributed by atoms with Crippen molar-refractivity contribution < 1.29 is 23.4 Å². The van der Waals surface area contributed by atoms with Gasteiger partial charge in [0.25, 0.3) is 5.88 Å². The van der Waals surface area contributed by atoms with Crippen molar-refractivity contribution in [2.24, 2.45) is 0 Å². The minimum Gasteiger partial charge on any atom is -0.479 e. The number of carbonyl (C=O) groups is 1. The molecule has 2 rings (SSSR count). The van der Waals surface area contributed by atoms with Gasteiger partial charge in [-0.1, -0.05) is 18.2 Å². The maximum absolute atomic E-state index is 13.4. The Labute approximate surface area is 131 Å². The van der Waals surface area contributed by atoms with Gasteiger partial charge in [-0.2, -0.15) is 9.37 Å². The third-order valence-corrected chi connectivity index (χ3v) is 2.81. The maximum atomic E-state index is 13.4. The molecule has 0 saturated heterocycles. The highest BCUT2D eigenvalue weighted by molar-refractivity contribution is 5.89. The lowest BCUT2D eigenvalue weighted by Crippen LogP contribution is -2.25. The molecule has 0 unspecified atom stereocenters. The molecule has 1 heterocycles. The summed E-state index contributed by atoms with van der Waals surface area (Å²) in [5.74, 6) is -1.61. The molecular weight excluding hydrogens is 307 g/mol. The van der Waals surface area contributed by atoms with E-state index in [4.69, 9.17) is 9.47 Å². The van der Waals surface area contributed by atoms with Gasteiger partial charge in [-0.15, -0.1) is 0 Å². The van der Waals surface area contributed by atoms with Crippen LogP contribution in [-0.4, -0.2) is 35.8 Å². The van der Waals surface area contributed by atoms with Gasteiger partial charge in [0.1, 0.15) is 13.3 Å². The van der Waals surface area contributed by atoms with E-state index in [0.29, 0.717) is 5.56 Å². The molecule has 23 heavy (non-hydrogen) atoms. The summed E-state index contributed by atoms with van der Waals surface area (Å²) in [6, 6.07) is 8.51. The zero-order valence-corrected chi connectivity index (χ0v) is 12.4. The number of nitrogens with zero attached hydrogens (tertiary/aromatic N) is 2. The van der Waals surface area contributed by atoms with Crippen LogP contribution >= 0.6 is 0 Å². The van der Waals surface area contributed by atoms with Crippen LogP contribution in [0.3, 0.4) is 0 Å². The summed E-state index contributed by atoms with van der Waals surface area (Å²) in [7, 11) is 1.22. The Hall–Kier alpha value is -2.74. The fourth-order valence-corrected chi connectivity index (χ4v) is 1.70. The van der Waals surface area contributed by atoms with Crippen molar-refractivity contribution >= 4 is 5.97 Å². The van der Waals surface area contributed by atoms with Crippen LogP contribution in [0, 0.1) is 5.82 Å². The highest BCUT2D eigenvalue weighted by Crippen LogP contribution is 2.08. The fourth-order valence-electron chi connectivity index (χ4n) is 1.70. The number of rotatable bonds is 7. The molecular formula is C15H15FN2O5. The number of hydrogen-bond donors (Lipinski definition) is 0. The summed E-state index contributed by atoms with van der Waals surface area (Å²) in [5.41, 5.74) is -0.269. The van der Waals surface area contributed by atoms with Crippen LogP contribution in [0.4, 0.5) is 4.39 Å². The van der Waals surface area contributed by atoms with Gasteiger partial charge in [0.05, 0.1) is 25.5 Å². The maximum Gasteiger partial charge on any atom is 0.352 e. The lowest BCUT2D eigenvalue weighted by Gasteiger charge is -2.08. The Kier molecular flexibility index (Phi) is 5.81. The predicted octanol–water partition coefficient (Wildman–Crippen LogP) is 1.22. The predicted molar refractivity (Wildman–Crippen MR) is 77.7 cm³/mol. The molecule has 0 aliphatic rings. The Morgan fingerprint density at radius 2 is 2.00 bits per heavy atom. The van der Waals surface area contributed by atoms with Crippen LogP contribution in [0.15, 0.2) is 41.3 Å². The number of benzene rings is 1. The first-order valence-electron chi connectivity index (χ1n) is 6.72. The minimum absolute atomic E-state index is 0.00848. The van der Waals surface area contributed by atoms with Crippen LogP contribution in [-0.2, 0) is 16.2 Å². The molecule has 7 nitrogen and oxygen atoms in total. The summed E-state index contributed by atoms with van der Waals surface area (Å²) in [6.45, 7) is -0.150. The first kappa shape index (κ1) is 16.6. The minimum atomic E-state index is -0.772. The van der Waals surface area contributed by atoms with Gasteiger partial charge in [-0.25, -0.2) is 9.59 Å². The molecule has 0 aliphatic carbocycles. The van der Waals surface area contributed by atoms with E-state index < -0.39 is 17.5 Å². The van der Waals surface area contributed by atoms with E-state index in [2.05, 4.69) is 9.72 Å². The van der Waals surface area contributed by atoms with Crippen LogP contribution < -0.4 is 10.4 Å². The van der Waals surface area contributed by atoms with Gasteiger partial charge in [-0.3, -0.25) is 4.57 Å². The topological polar surface area (TPSA) is 79.7 Å². The standard InChI is InChI=1S/C15H15FN2O5/c1-21-13-12(16)9-18(15(20)17-13)10-22-7-8-23-14(19)11-5-3-2-4-6-11/h2-6,9H,7-8,10H2,1H3. The van der Waals surface area contributed by atoms with Crippen molar-refractivity contribution in [2.75, 3.05) is 20.3 Å². The molecule has 8 heteroatoms. The molecule has 0 saturated carbocycles. The normalized spacial score (nSPS) is 10.3. The van der Waals surface area contributed by atoms with Crippen LogP contribution in [0.25, 0.3) is 0 Å². The van der Waals surface area contributed by atoms with Crippen LogP contribution in [0.5, 0.6) is 5.88 Å². The SMILES string of the molecule is COc1nc(=O)n(COCCOC(=O)c2ccccc2)cc1F. The Balaban J connectivity index is 1.77. The average molecular weight is 322 g/mol. The first-order chi connectivity index (χ1) is 11.1. The second kappa shape index (κ2) is 8.04. The molecule has 1 aromatic heterocycles. The van der Waals surface area contributed by atoms with E-state index in [-0.39, 0.29) is 25.8 Å². The smallest absolute Gasteiger partial charge is 0.352 e. The van der Waals surface area contributed by atoms with E-state index in [1.54, 1.807) is 30.3 Å². The van der Waals surface area contributed by atoms with E-state index in [9.17, 15) is 14.0 Å². The molecule has 2 aromatic rings. The van der Waals surface area contributed by atoms with Gasteiger partial charge in [0, 0.05) is 0 Å². The largest absolute Gasteiger partial charge is 0.479 e. The average Bonchev–Trinajstić information content (AvgIpc) is 2.57. The number of carbonyl (C=O) groups excluding carboxylic acids is 1. The second-order valence-electron chi connectivity index (χ2n) is 4.39. The summed E-state index contributed by atoms with van der Waals surface area (Å²) < 4.78 is 29.1. The lowest BCUT2D eigenvalue weighted by molar-refractivity contribution is 0.0160. The Morgan fingerprint density at radius 1 is 1.26 bits per heavy atom. The Morgan fingerprint density at radius 3 is 2.70 bits per heavy atom. The third kappa shape index (κ3) is 4.62. The van der Waals surface area contributed by atoms with Crippen molar-refractivity contribution in [1.29, 1.82) is 0 Å². The van der Waals surface area contributed by atoms with Gasteiger partial charge < -0.3 is 14.2 Å². The van der Waals surface area contributed by atoms with E-state index in [1.807, 2.05) is 0 Å². The lowest BCUT2D eigenvalue weighted by atomic mass is 10.2. The molecule has 0 spiro atoms. The van der Waals surface area contributed by atoms with E-state index in [1.165, 1.54) is 7.11 Å². The van der Waals surface area contributed by atoms with Crippen LogP contribution in [0.2, 0.25) is 0 Å². The zero-order valence-electron chi connectivity index (χ0n) is 12.4. The highest BCUT2D eigenvalue weighted by Gasteiger charge is 2.09. The summed E-state index contributed by atoms with van der Waals surface area (Å²) in [4.78, 5) is 26.6. The van der Waals surface area contributed by atoms with Gasteiger partial charge >= 0.3 is 11.7 Å². The van der Waals surface area contributed by atoms with Crippen molar-refractivity contribution in [3.63, 3.8) is 0 Å². The molecule has 0 bridgehead atoms. The van der Waals surface area contributed by atoms with Crippen molar-refractivity contribution in [3.05, 3.63) is 58.4 Å². The molecule has 0 N–H and O–H groups in total. The number of aromatic nitrogens is 2. The highest BCUT2D eigenvalue weighted by atomic mass is 19.1. The Bertz CT molecular complexity index is 718. The number of methoxy groups -OCH3 is 1. The summed E-state index contributed by atoms with van der Waals surface area (Å²) in [6.07, 6.45) is 0.935. The first-order valence-corrected chi connectivity index (χ1v) is 6.72. The molecule has 0 atom stereocenters. The number of hydrogen-bond acceptors (Lipinski definition) is 6. The quantitative estimate of drug-likeness (QED) is 0.563. The molecule has 1 aromatic carbocycles. The van der Waals surface area contributed by atoms with Gasteiger partial charge in [-0.05, 0) is 12.1 Å². The van der Waals surface area contributed by atoms with Crippen molar-refractivity contribution in [2.45, 2.75) is 6.73 Å². The summed E-state index contributed by atoms with van der Waals surface area (Å²) >= 11 is 0. The van der Waals surface area contributed by atoms with E-state index in [0.717, 1.165) is 10.8 Å². The third-order valence-electron chi connectivity index (χ3n) is 2.81. The van der Waals surface area contributed by atoms with Crippen molar-refractivity contribution in [3.8, 4) is 5.88 Å². The molecule has 0 fully saturated rings. The summed E-state index contributed by atoms with van der Waals surface area (Å²) in [5, 5.41) is 0. The van der Waals surface area contributed by atoms with Crippen LogP contribution in [0.1, 0.15) is 10.4 Å². The zero-order chi connectivity index (χ0) is 16.7.